The molecule has 0 aromatic heterocycles. The van der Waals surface area contributed by atoms with E-state index in [9.17, 15) is 4.39 Å². The maximum atomic E-state index is 13.2. The van der Waals surface area contributed by atoms with Crippen molar-refractivity contribution in [3.8, 4) is 0 Å². The second-order valence-corrected chi connectivity index (χ2v) is 6.15. The monoisotopic (exact) mass is 355 g/mol. The number of benzene rings is 2. The second-order valence-electron chi connectivity index (χ2n) is 4.83. The Labute approximate surface area is 132 Å². The van der Waals surface area contributed by atoms with Gasteiger partial charge in [-0.1, -0.05) is 45.7 Å². The molecule has 1 nitrogen and oxygen atoms in total. The van der Waals surface area contributed by atoms with Crippen molar-refractivity contribution in [1.29, 1.82) is 0 Å². The zero-order valence-electron chi connectivity index (χ0n) is 11.3. The average Bonchev–Trinajstić information content (AvgIpc) is 2.38. The van der Waals surface area contributed by atoms with E-state index in [-0.39, 0.29) is 17.9 Å². The van der Waals surface area contributed by atoms with Crippen molar-refractivity contribution in [3.63, 3.8) is 0 Å². The van der Waals surface area contributed by atoms with E-state index in [1.165, 1.54) is 6.07 Å². The molecule has 1 N–H and O–H groups in total. The van der Waals surface area contributed by atoms with Crippen LogP contribution in [0.4, 0.5) is 4.39 Å². The van der Waals surface area contributed by atoms with Crippen LogP contribution in [0.5, 0.6) is 0 Å². The summed E-state index contributed by atoms with van der Waals surface area (Å²) in [7, 11) is 0. The smallest absolute Gasteiger partial charge is 0.123 e. The van der Waals surface area contributed by atoms with Gasteiger partial charge in [-0.05, 0) is 49.2 Å². The van der Waals surface area contributed by atoms with Gasteiger partial charge in [0, 0.05) is 21.6 Å². The van der Waals surface area contributed by atoms with Gasteiger partial charge in [-0.3, -0.25) is 0 Å². The predicted octanol–water partition coefficient (Wildman–Crippen LogP) is 5.65. The maximum absolute atomic E-state index is 13.2. The highest BCUT2D eigenvalue weighted by molar-refractivity contribution is 9.10. The molecule has 2 aromatic rings. The number of rotatable bonds is 4. The fourth-order valence-corrected chi connectivity index (χ4v) is 3.03. The summed E-state index contributed by atoms with van der Waals surface area (Å²) in [6, 6.07) is 12.6. The lowest BCUT2D eigenvalue weighted by molar-refractivity contribution is 0.492. The third-order valence-corrected chi connectivity index (χ3v) is 4.10. The van der Waals surface area contributed by atoms with Crippen LogP contribution in [-0.2, 0) is 0 Å². The van der Waals surface area contributed by atoms with E-state index >= 15 is 0 Å². The minimum Gasteiger partial charge on any atom is -0.304 e. The maximum Gasteiger partial charge on any atom is 0.123 e. The number of nitrogens with one attached hydrogen (secondary N) is 1. The largest absolute Gasteiger partial charge is 0.304 e. The first-order valence-corrected chi connectivity index (χ1v) is 7.61. The fraction of sp³-hybridized carbons (Fsp3) is 0.250. The quantitative estimate of drug-likeness (QED) is 0.746. The van der Waals surface area contributed by atoms with E-state index in [2.05, 4.69) is 21.2 Å². The van der Waals surface area contributed by atoms with Crippen LogP contribution in [0, 0.1) is 5.82 Å². The summed E-state index contributed by atoms with van der Waals surface area (Å²) in [5, 5.41) is 4.15. The van der Waals surface area contributed by atoms with E-state index in [1.54, 1.807) is 12.1 Å². The van der Waals surface area contributed by atoms with Crippen molar-refractivity contribution in [3.05, 3.63) is 68.9 Å². The lowest BCUT2D eigenvalue weighted by atomic mass is 10.0. The molecule has 0 spiro atoms. The van der Waals surface area contributed by atoms with Crippen molar-refractivity contribution in [2.45, 2.75) is 25.9 Å². The van der Waals surface area contributed by atoms with Gasteiger partial charge in [-0.25, -0.2) is 4.39 Å². The molecule has 0 amide bonds. The highest BCUT2D eigenvalue weighted by Crippen LogP contribution is 2.28. The summed E-state index contributed by atoms with van der Waals surface area (Å²) in [4.78, 5) is 0. The summed E-state index contributed by atoms with van der Waals surface area (Å²) in [6.45, 7) is 4.06. The summed E-state index contributed by atoms with van der Waals surface area (Å²) in [6.07, 6.45) is 0. The Bertz CT molecular complexity index is 603. The highest BCUT2D eigenvalue weighted by Gasteiger charge is 2.14. The zero-order chi connectivity index (χ0) is 14.7. The molecule has 0 radical (unpaired) electrons. The number of halogens is 3. The molecule has 0 aliphatic heterocycles. The van der Waals surface area contributed by atoms with Gasteiger partial charge in [0.25, 0.3) is 0 Å². The molecule has 20 heavy (non-hydrogen) atoms. The van der Waals surface area contributed by atoms with E-state index < -0.39 is 0 Å². The molecule has 0 saturated carbocycles. The van der Waals surface area contributed by atoms with E-state index in [4.69, 9.17) is 11.6 Å². The minimum atomic E-state index is -0.217. The molecule has 2 rings (SSSR count). The molecule has 0 fully saturated rings. The molecule has 2 aromatic carbocycles. The Kier molecular flexibility index (Phi) is 5.19. The highest BCUT2D eigenvalue weighted by atomic mass is 79.9. The first-order valence-electron chi connectivity index (χ1n) is 6.44. The predicted molar refractivity (Wildman–Crippen MR) is 85.5 cm³/mol. The van der Waals surface area contributed by atoms with Gasteiger partial charge in [-0.2, -0.15) is 0 Å². The minimum absolute atomic E-state index is 0.0420. The number of hydrogen-bond acceptors (Lipinski definition) is 1. The van der Waals surface area contributed by atoms with Crippen LogP contribution in [0.25, 0.3) is 0 Å². The van der Waals surface area contributed by atoms with Crippen molar-refractivity contribution < 1.29 is 4.39 Å². The first-order chi connectivity index (χ1) is 9.47. The Balaban J connectivity index is 2.12. The first kappa shape index (κ1) is 15.5. The number of hydrogen-bond donors (Lipinski definition) is 1. The van der Waals surface area contributed by atoms with Crippen LogP contribution in [0.2, 0.25) is 5.02 Å². The Morgan fingerprint density at radius 2 is 1.85 bits per heavy atom. The molecule has 0 bridgehead atoms. The summed E-state index contributed by atoms with van der Waals surface area (Å²) < 4.78 is 14.2. The van der Waals surface area contributed by atoms with Crippen LogP contribution in [-0.4, -0.2) is 0 Å². The van der Waals surface area contributed by atoms with E-state index in [0.29, 0.717) is 5.02 Å². The van der Waals surface area contributed by atoms with Crippen LogP contribution in [0.1, 0.15) is 37.1 Å². The van der Waals surface area contributed by atoms with E-state index in [1.807, 2.05) is 38.1 Å². The van der Waals surface area contributed by atoms with Crippen molar-refractivity contribution in [2.24, 2.45) is 0 Å². The van der Waals surface area contributed by atoms with Crippen molar-refractivity contribution in [1.82, 2.24) is 5.32 Å². The van der Waals surface area contributed by atoms with Gasteiger partial charge < -0.3 is 5.32 Å². The van der Waals surface area contributed by atoms with Crippen LogP contribution >= 0.6 is 27.5 Å². The Hall–Kier alpha value is -0.900. The van der Waals surface area contributed by atoms with Gasteiger partial charge >= 0.3 is 0 Å². The molecule has 106 valence electrons. The van der Waals surface area contributed by atoms with Crippen molar-refractivity contribution in [2.75, 3.05) is 0 Å². The molecule has 2 atom stereocenters. The topological polar surface area (TPSA) is 12.0 Å². The molecule has 0 heterocycles. The SMILES string of the molecule is CC(N[C@H](C)c1cccc(F)c1)c1ccc(Br)cc1Cl. The van der Waals surface area contributed by atoms with Crippen molar-refractivity contribution >= 4 is 27.5 Å². The fourth-order valence-electron chi connectivity index (χ4n) is 2.19. The van der Waals surface area contributed by atoms with Crippen LogP contribution in [0.3, 0.4) is 0 Å². The molecule has 0 saturated heterocycles. The summed E-state index contributed by atoms with van der Waals surface area (Å²) in [5.74, 6) is -0.217. The zero-order valence-corrected chi connectivity index (χ0v) is 13.7. The van der Waals surface area contributed by atoms with Crippen LogP contribution in [0.15, 0.2) is 46.9 Å². The Morgan fingerprint density at radius 1 is 1.10 bits per heavy atom. The lowest BCUT2D eigenvalue weighted by Gasteiger charge is -2.21. The standard InChI is InChI=1S/C16H16BrClFN/c1-10(12-4-3-5-14(19)8-12)20-11(2)15-7-6-13(17)9-16(15)18/h3-11,20H,1-2H3/t10-,11?/m1/s1. The summed E-state index contributed by atoms with van der Waals surface area (Å²) >= 11 is 9.64. The van der Waals surface area contributed by atoms with Gasteiger partial charge in [0.15, 0.2) is 0 Å². The molecular weight excluding hydrogens is 341 g/mol. The third-order valence-electron chi connectivity index (χ3n) is 3.28. The molecular formula is C16H16BrClFN. The van der Waals surface area contributed by atoms with Gasteiger partial charge in [-0.15, -0.1) is 0 Å². The average molecular weight is 357 g/mol. The summed E-state index contributed by atoms with van der Waals surface area (Å²) in [5.41, 5.74) is 1.95. The molecule has 1 unspecified atom stereocenters. The van der Waals surface area contributed by atoms with Crippen LogP contribution < -0.4 is 5.32 Å². The van der Waals surface area contributed by atoms with Gasteiger partial charge in [0.05, 0.1) is 0 Å². The van der Waals surface area contributed by atoms with Gasteiger partial charge in [0.2, 0.25) is 0 Å². The Morgan fingerprint density at radius 3 is 2.50 bits per heavy atom. The lowest BCUT2D eigenvalue weighted by Crippen LogP contribution is -2.22. The normalized spacial score (nSPS) is 14.1. The van der Waals surface area contributed by atoms with E-state index in [0.717, 1.165) is 15.6 Å². The molecule has 0 aliphatic carbocycles. The third kappa shape index (κ3) is 3.81. The van der Waals surface area contributed by atoms with Gasteiger partial charge in [0.1, 0.15) is 5.82 Å². The second kappa shape index (κ2) is 6.70. The molecule has 4 heteroatoms. The molecule has 0 aliphatic rings.